The van der Waals surface area contributed by atoms with Crippen molar-refractivity contribution in [2.45, 2.75) is 55.7 Å². The van der Waals surface area contributed by atoms with Crippen molar-refractivity contribution >= 4 is 10.0 Å². The highest BCUT2D eigenvalue weighted by Gasteiger charge is 2.23. The molecule has 0 radical (unpaired) electrons. The first-order chi connectivity index (χ1) is 10.8. The topological polar surface area (TPSA) is 58.6 Å². The molecule has 0 bridgehead atoms. The zero-order chi connectivity index (χ0) is 17.0. The third-order valence-electron chi connectivity index (χ3n) is 4.63. The van der Waals surface area contributed by atoms with E-state index in [9.17, 15) is 8.42 Å². The highest BCUT2D eigenvalue weighted by Crippen LogP contribution is 2.24. The van der Waals surface area contributed by atoms with Gasteiger partial charge in [-0.1, -0.05) is 12.1 Å². The minimum absolute atomic E-state index is 0.122. The van der Waals surface area contributed by atoms with Crippen LogP contribution in [0, 0.1) is 0 Å². The van der Waals surface area contributed by atoms with Crippen LogP contribution >= 0.6 is 0 Å². The first-order valence-electron chi connectivity index (χ1n) is 8.16. The highest BCUT2D eigenvalue weighted by atomic mass is 32.2. The maximum absolute atomic E-state index is 12.3. The Bertz CT molecular complexity index is 608. The van der Waals surface area contributed by atoms with Crippen molar-refractivity contribution in [3.05, 3.63) is 29.8 Å². The molecule has 1 aromatic rings. The molecule has 0 aliphatic heterocycles. The fourth-order valence-corrected chi connectivity index (χ4v) is 4.03. The first-order valence-corrected chi connectivity index (χ1v) is 9.60. The number of benzene rings is 1. The maximum atomic E-state index is 12.3. The smallest absolute Gasteiger partial charge is 0.242 e. The summed E-state index contributed by atoms with van der Waals surface area (Å²) >= 11 is 0. The van der Waals surface area contributed by atoms with Crippen molar-refractivity contribution < 1.29 is 13.2 Å². The zero-order valence-electron chi connectivity index (χ0n) is 14.5. The summed E-state index contributed by atoms with van der Waals surface area (Å²) in [5.74, 6) is 0. The molecule has 0 aromatic heterocycles. The van der Waals surface area contributed by atoms with Crippen LogP contribution in [0.2, 0.25) is 0 Å². The summed E-state index contributed by atoms with van der Waals surface area (Å²) in [5.41, 5.74) is 1.00. The molecule has 0 unspecified atom stereocenters. The summed E-state index contributed by atoms with van der Waals surface area (Å²) < 4.78 is 31.2. The summed E-state index contributed by atoms with van der Waals surface area (Å²) in [6.07, 6.45) is 4.74. The predicted octanol–water partition coefficient (Wildman–Crippen LogP) is 2.55. The van der Waals surface area contributed by atoms with E-state index in [1.165, 1.54) is 4.31 Å². The van der Waals surface area contributed by atoms with Crippen LogP contribution in [0.15, 0.2) is 29.2 Å². The number of sulfonamides is 1. The molecule has 2 rings (SSSR count). The molecule has 5 nitrogen and oxygen atoms in total. The van der Waals surface area contributed by atoms with Gasteiger partial charge in [-0.05, 0) is 50.3 Å². The van der Waals surface area contributed by atoms with Gasteiger partial charge in [-0.25, -0.2) is 12.7 Å². The molecular formula is C17H28N2O3S. The molecule has 0 spiro atoms. The first kappa shape index (κ1) is 18.4. The molecule has 1 aliphatic carbocycles. The number of hydrogen-bond acceptors (Lipinski definition) is 4. The molecule has 0 saturated heterocycles. The third kappa shape index (κ3) is 4.53. The minimum Gasteiger partial charge on any atom is -0.381 e. The Hall–Kier alpha value is -0.950. The molecule has 23 heavy (non-hydrogen) atoms. The van der Waals surface area contributed by atoms with Crippen LogP contribution < -0.4 is 5.32 Å². The molecule has 1 atom stereocenters. The van der Waals surface area contributed by atoms with Gasteiger partial charge in [0.1, 0.15) is 0 Å². The summed E-state index contributed by atoms with van der Waals surface area (Å²) in [6, 6.07) is 7.80. The predicted molar refractivity (Wildman–Crippen MR) is 91.9 cm³/mol. The van der Waals surface area contributed by atoms with Crippen molar-refractivity contribution in [3.63, 3.8) is 0 Å². The van der Waals surface area contributed by atoms with Gasteiger partial charge in [-0.2, -0.15) is 0 Å². The van der Waals surface area contributed by atoms with Gasteiger partial charge in [0.05, 0.1) is 11.0 Å². The van der Waals surface area contributed by atoms with Crippen LogP contribution in [-0.4, -0.2) is 46.1 Å². The van der Waals surface area contributed by atoms with Gasteiger partial charge in [0.2, 0.25) is 10.0 Å². The number of rotatable bonds is 6. The summed E-state index contributed by atoms with van der Waals surface area (Å²) in [4.78, 5) is 0.344. The molecule has 6 heteroatoms. The van der Waals surface area contributed by atoms with Gasteiger partial charge in [0.25, 0.3) is 0 Å². The Balaban J connectivity index is 2.04. The second-order valence-electron chi connectivity index (χ2n) is 6.46. The van der Waals surface area contributed by atoms with Crippen LogP contribution in [0.3, 0.4) is 0 Å². The second kappa shape index (κ2) is 7.75. The van der Waals surface area contributed by atoms with Crippen molar-refractivity contribution in [3.8, 4) is 0 Å². The van der Waals surface area contributed by atoms with Crippen molar-refractivity contribution in [2.24, 2.45) is 0 Å². The lowest BCUT2D eigenvalue weighted by Gasteiger charge is -2.30. The summed E-state index contributed by atoms with van der Waals surface area (Å²) in [5, 5.41) is 3.62. The van der Waals surface area contributed by atoms with Crippen LogP contribution in [0.1, 0.15) is 44.2 Å². The molecule has 0 amide bonds. The average Bonchev–Trinajstić information content (AvgIpc) is 2.55. The molecule has 1 fully saturated rings. The fraction of sp³-hybridized carbons (Fsp3) is 0.647. The molecule has 1 aliphatic rings. The van der Waals surface area contributed by atoms with E-state index in [1.54, 1.807) is 33.3 Å². The van der Waals surface area contributed by atoms with Crippen molar-refractivity contribution in [2.75, 3.05) is 21.2 Å². The van der Waals surface area contributed by atoms with Gasteiger partial charge in [0.15, 0.2) is 0 Å². The quantitative estimate of drug-likeness (QED) is 0.864. The van der Waals surface area contributed by atoms with Crippen LogP contribution in [0.4, 0.5) is 0 Å². The van der Waals surface area contributed by atoms with Gasteiger partial charge >= 0.3 is 0 Å². The number of ether oxygens (including phenoxy) is 1. The highest BCUT2D eigenvalue weighted by molar-refractivity contribution is 7.89. The Morgan fingerprint density at radius 1 is 1.22 bits per heavy atom. The Morgan fingerprint density at radius 3 is 2.43 bits per heavy atom. The maximum Gasteiger partial charge on any atom is 0.242 e. The molecule has 1 aromatic carbocycles. The van der Waals surface area contributed by atoms with E-state index in [4.69, 9.17) is 4.74 Å². The van der Waals surface area contributed by atoms with E-state index >= 15 is 0 Å². The summed E-state index contributed by atoms with van der Waals surface area (Å²) in [6.45, 7) is 2.09. The minimum atomic E-state index is -3.39. The van der Waals surface area contributed by atoms with Gasteiger partial charge < -0.3 is 10.1 Å². The van der Waals surface area contributed by atoms with E-state index in [-0.39, 0.29) is 6.04 Å². The zero-order valence-corrected chi connectivity index (χ0v) is 15.3. The summed E-state index contributed by atoms with van der Waals surface area (Å²) in [7, 11) is 1.49. The standard InChI is InChI=1S/C17H28N2O3S/c1-13(18-15-8-10-16(22-4)11-9-15)14-6-5-7-17(12-14)23(20,21)19(2)3/h5-7,12-13,15-16,18H,8-11H2,1-4H3/t13-,15?,16?/m1/s1. The lowest BCUT2D eigenvalue weighted by molar-refractivity contribution is 0.0614. The SMILES string of the molecule is COC1CCC(N[C@H](C)c2cccc(S(=O)(=O)N(C)C)c2)CC1. The largest absolute Gasteiger partial charge is 0.381 e. The Morgan fingerprint density at radius 2 is 1.87 bits per heavy atom. The number of methoxy groups -OCH3 is 1. The monoisotopic (exact) mass is 340 g/mol. The molecule has 1 N–H and O–H groups in total. The number of nitrogens with one attached hydrogen (secondary N) is 1. The van der Waals surface area contributed by atoms with Crippen LogP contribution in [0.5, 0.6) is 0 Å². The van der Waals surface area contributed by atoms with Crippen molar-refractivity contribution in [1.29, 1.82) is 0 Å². The normalized spacial score (nSPS) is 23.9. The molecular weight excluding hydrogens is 312 g/mol. The van der Waals surface area contributed by atoms with E-state index in [0.717, 1.165) is 31.2 Å². The lowest BCUT2D eigenvalue weighted by Crippen LogP contribution is -2.36. The second-order valence-corrected chi connectivity index (χ2v) is 8.61. The number of hydrogen-bond donors (Lipinski definition) is 1. The van der Waals surface area contributed by atoms with Gasteiger partial charge in [-0.3, -0.25) is 0 Å². The van der Waals surface area contributed by atoms with E-state index in [2.05, 4.69) is 12.2 Å². The van der Waals surface area contributed by atoms with E-state index in [0.29, 0.717) is 17.0 Å². The fourth-order valence-electron chi connectivity index (χ4n) is 3.07. The van der Waals surface area contributed by atoms with Gasteiger partial charge in [-0.15, -0.1) is 0 Å². The van der Waals surface area contributed by atoms with Gasteiger partial charge in [0, 0.05) is 33.3 Å². The average molecular weight is 340 g/mol. The van der Waals surface area contributed by atoms with Crippen LogP contribution in [-0.2, 0) is 14.8 Å². The third-order valence-corrected chi connectivity index (χ3v) is 6.44. The van der Waals surface area contributed by atoms with Crippen LogP contribution in [0.25, 0.3) is 0 Å². The van der Waals surface area contributed by atoms with E-state index < -0.39 is 10.0 Å². The molecule has 1 saturated carbocycles. The molecule has 0 heterocycles. The lowest BCUT2D eigenvalue weighted by atomic mass is 9.92. The Labute approximate surface area is 140 Å². The Kier molecular flexibility index (Phi) is 6.19. The molecule has 130 valence electrons. The van der Waals surface area contributed by atoms with Crippen molar-refractivity contribution in [1.82, 2.24) is 9.62 Å². The number of nitrogens with zero attached hydrogens (tertiary/aromatic N) is 1. The van der Waals surface area contributed by atoms with E-state index in [1.807, 2.05) is 12.1 Å².